The number of carbonyl (C=O) groups is 1. The number of halogens is 2. The van der Waals surface area contributed by atoms with E-state index in [1.165, 1.54) is 6.07 Å². The molecule has 0 bridgehead atoms. The van der Waals surface area contributed by atoms with E-state index in [1.807, 2.05) is 6.92 Å². The van der Waals surface area contributed by atoms with Crippen molar-refractivity contribution in [2.75, 3.05) is 0 Å². The minimum absolute atomic E-state index is 0.239. The Kier molecular flexibility index (Phi) is 4.96. The smallest absolute Gasteiger partial charge is 0.253 e. The minimum atomic E-state index is -0.727. The first-order valence-electron chi connectivity index (χ1n) is 5.37. The molecule has 0 aliphatic rings. The Hall–Kier alpha value is -0.840. The Labute approximate surface area is 122 Å². The lowest BCUT2D eigenvalue weighted by Gasteiger charge is -2.28. The molecule has 0 saturated heterocycles. The Morgan fingerprint density at radius 2 is 2.11 bits per heavy atom. The normalized spacial score (nSPS) is 13.8. The molecule has 0 fully saturated rings. The van der Waals surface area contributed by atoms with E-state index in [4.69, 9.17) is 41.2 Å². The van der Waals surface area contributed by atoms with Gasteiger partial charge in [0, 0.05) is 5.02 Å². The minimum Gasteiger partial charge on any atom is -0.391 e. The third-order valence-electron chi connectivity index (χ3n) is 2.82. The van der Waals surface area contributed by atoms with Crippen LogP contribution in [0.1, 0.15) is 30.6 Å². The van der Waals surface area contributed by atoms with Gasteiger partial charge in [-0.3, -0.25) is 4.79 Å². The molecule has 0 aliphatic carbocycles. The molecule has 0 aliphatic heterocycles. The van der Waals surface area contributed by atoms with E-state index in [0.717, 1.165) is 0 Å². The fourth-order valence-corrected chi connectivity index (χ4v) is 2.01. The lowest BCUT2D eigenvalue weighted by Crippen LogP contribution is -2.54. The Bertz CT molecular complexity index is 493. The van der Waals surface area contributed by atoms with Crippen molar-refractivity contribution in [2.45, 2.75) is 25.8 Å². The van der Waals surface area contributed by atoms with Crippen molar-refractivity contribution in [2.24, 2.45) is 5.73 Å². The molecule has 3 N–H and O–H groups in total. The van der Waals surface area contributed by atoms with Crippen LogP contribution in [0.5, 0.6) is 0 Å². The van der Waals surface area contributed by atoms with Crippen LogP contribution in [0.25, 0.3) is 0 Å². The van der Waals surface area contributed by atoms with Crippen molar-refractivity contribution in [1.29, 1.82) is 0 Å². The first-order valence-corrected chi connectivity index (χ1v) is 6.54. The largest absolute Gasteiger partial charge is 0.391 e. The number of nitrogens with one attached hydrogen (secondary N) is 1. The first-order chi connectivity index (χ1) is 8.30. The Morgan fingerprint density at radius 1 is 1.50 bits per heavy atom. The summed E-state index contributed by atoms with van der Waals surface area (Å²) in [6.07, 6.45) is 0.597. The van der Waals surface area contributed by atoms with Crippen LogP contribution in [0.3, 0.4) is 0 Å². The predicted octanol–water partition coefficient (Wildman–Crippen LogP) is 3.18. The lowest BCUT2D eigenvalue weighted by molar-refractivity contribution is 0.0926. The van der Waals surface area contributed by atoms with Crippen LogP contribution in [0.15, 0.2) is 18.2 Å². The highest BCUT2D eigenvalue weighted by atomic mass is 35.5. The second-order valence-electron chi connectivity index (χ2n) is 4.13. The van der Waals surface area contributed by atoms with E-state index < -0.39 is 5.54 Å². The van der Waals surface area contributed by atoms with Crippen LogP contribution >= 0.6 is 35.4 Å². The maximum absolute atomic E-state index is 12.1. The molecule has 0 aromatic heterocycles. The number of hydrogen-bond acceptors (Lipinski definition) is 2. The Balaban J connectivity index is 2.98. The molecule has 1 rings (SSSR count). The maximum Gasteiger partial charge on any atom is 0.253 e. The second-order valence-corrected chi connectivity index (χ2v) is 5.41. The molecule has 1 aromatic carbocycles. The molecule has 0 radical (unpaired) electrons. The zero-order valence-corrected chi connectivity index (χ0v) is 12.4. The molecular formula is C12H14Cl2N2OS. The third kappa shape index (κ3) is 3.34. The van der Waals surface area contributed by atoms with Crippen LogP contribution in [0, 0.1) is 0 Å². The zero-order valence-electron chi connectivity index (χ0n) is 10.1. The molecule has 6 heteroatoms. The average molecular weight is 305 g/mol. The summed E-state index contributed by atoms with van der Waals surface area (Å²) in [4.78, 5) is 12.3. The van der Waals surface area contributed by atoms with E-state index in [1.54, 1.807) is 19.1 Å². The third-order valence-corrected chi connectivity index (χ3v) is 3.81. The number of carbonyl (C=O) groups excluding carboxylic acids is 1. The van der Waals surface area contributed by atoms with E-state index in [2.05, 4.69) is 5.32 Å². The van der Waals surface area contributed by atoms with E-state index in [-0.39, 0.29) is 10.9 Å². The van der Waals surface area contributed by atoms with Gasteiger partial charge in [-0.15, -0.1) is 0 Å². The molecule has 1 atom stereocenters. The molecule has 0 heterocycles. The molecule has 18 heavy (non-hydrogen) atoms. The fourth-order valence-electron chi connectivity index (χ4n) is 1.32. The van der Waals surface area contributed by atoms with Gasteiger partial charge >= 0.3 is 0 Å². The standard InChI is InChI=1S/C12H14Cl2N2OS/c1-3-12(2,11(15)18)16-10(17)8-5-4-7(13)6-9(8)14/h4-6H,3H2,1-2H3,(H2,15,18)(H,16,17). The van der Waals surface area contributed by atoms with Crippen LogP contribution in [0.2, 0.25) is 10.0 Å². The van der Waals surface area contributed by atoms with E-state index >= 15 is 0 Å². The number of benzene rings is 1. The number of rotatable bonds is 4. The van der Waals surface area contributed by atoms with Gasteiger partial charge in [0.25, 0.3) is 5.91 Å². The Morgan fingerprint density at radius 3 is 2.56 bits per heavy atom. The van der Waals surface area contributed by atoms with Crippen molar-refractivity contribution < 1.29 is 4.79 Å². The quantitative estimate of drug-likeness (QED) is 0.840. The highest BCUT2D eigenvalue weighted by molar-refractivity contribution is 7.80. The summed E-state index contributed by atoms with van der Waals surface area (Å²) >= 11 is 16.7. The van der Waals surface area contributed by atoms with Crippen LogP contribution in [0.4, 0.5) is 0 Å². The highest BCUT2D eigenvalue weighted by Crippen LogP contribution is 2.22. The van der Waals surface area contributed by atoms with Crippen molar-refractivity contribution in [3.8, 4) is 0 Å². The second kappa shape index (κ2) is 5.87. The van der Waals surface area contributed by atoms with Crippen LogP contribution in [-0.2, 0) is 0 Å². The molecular weight excluding hydrogens is 291 g/mol. The van der Waals surface area contributed by atoms with Gasteiger partial charge in [0.05, 0.1) is 21.1 Å². The van der Waals surface area contributed by atoms with Gasteiger partial charge in [-0.2, -0.15) is 0 Å². The van der Waals surface area contributed by atoms with Crippen molar-refractivity contribution >= 4 is 46.3 Å². The van der Waals surface area contributed by atoms with Gasteiger partial charge in [0.15, 0.2) is 0 Å². The average Bonchev–Trinajstić information content (AvgIpc) is 2.28. The number of nitrogens with two attached hydrogens (primary N) is 1. The summed E-state index contributed by atoms with van der Waals surface area (Å²) in [5.74, 6) is -0.325. The summed E-state index contributed by atoms with van der Waals surface area (Å²) in [7, 11) is 0. The highest BCUT2D eigenvalue weighted by Gasteiger charge is 2.28. The van der Waals surface area contributed by atoms with Crippen LogP contribution < -0.4 is 11.1 Å². The van der Waals surface area contributed by atoms with Crippen LogP contribution in [-0.4, -0.2) is 16.4 Å². The number of thiocarbonyl (C=S) groups is 1. The summed E-state index contributed by atoms with van der Waals surface area (Å²) in [6.45, 7) is 3.67. The van der Waals surface area contributed by atoms with Gasteiger partial charge in [-0.05, 0) is 31.5 Å². The van der Waals surface area contributed by atoms with Gasteiger partial charge in [-0.1, -0.05) is 42.3 Å². The topological polar surface area (TPSA) is 55.1 Å². The van der Waals surface area contributed by atoms with Gasteiger partial charge in [-0.25, -0.2) is 0 Å². The van der Waals surface area contributed by atoms with Gasteiger partial charge < -0.3 is 11.1 Å². The zero-order chi connectivity index (χ0) is 13.9. The monoisotopic (exact) mass is 304 g/mol. The maximum atomic E-state index is 12.1. The summed E-state index contributed by atoms with van der Waals surface area (Å²) in [5.41, 5.74) is 5.25. The molecule has 0 saturated carbocycles. The first kappa shape index (κ1) is 15.2. The SMILES string of the molecule is CCC(C)(NC(=O)c1ccc(Cl)cc1Cl)C(N)=S. The molecule has 1 amide bonds. The predicted molar refractivity (Wildman–Crippen MR) is 79.4 cm³/mol. The van der Waals surface area contributed by atoms with Crippen molar-refractivity contribution in [3.05, 3.63) is 33.8 Å². The number of hydrogen-bond donors (Lipinski definition) is 2. The van der Waals surface area contributed by atoms with E-state index in [9.17, 15) is 4.79 Å². The van der Waals surface area contributed by atoms with Crippen molar-refractivity contribution in [1.82, 2.24) is 5.32 Å². The summed E-state index contributed by atoms with van der Waals surface area (Å²) in [6, 6.07) is 4.68. The fraction of sp³-hybridized carbons (Fsp3) is 0.333. The van der Waals surface area contributed by atoms with Gasteiger partial charge in [0.2, 0.25) is 0 Å². The van der Waals surface area contributed by atoms with Crippen molar-refractivity contribution in [3.63, 3.8) is 0 Å². The van der Waals surface area contributed by atoms with E-state index in [0.29, 0.717) is 22.0 Å². The number of amides is 1. The molecule has 1 aromatic rings. The molecule has 0 spiro atoms. The molecule has 3 nitrogen and oxygen atoms in total. The molecule has 98 valence electrons. The molecule has 1 unspecified atom stereocenters. The van der Waals surface area contributed by atoms with Gasteiger partial charge in [0.1, 0.15) is 0 Å². The lowest BCUT2D eigenvalue weighted by atomic mass is 9.98. The summed E-state index contributed by atoms with van der Waals surface area (Å²) < 4.78 is 0. The summed E-state index contributed by atoms with van der Waals surface area (Å²) in [5, 5.41) is 3.56.